The van der Waals surface area contributed by atoms with Crippen molar-refractivity contribution in [1.82, 2.24) is 0 Å². The van der Waals surface area contributed by atoms with Gasteiger partial charge in [-0.25, -0.2) is 0 Å². The van der Waals surface area contributed by atoms with Crippen molar-refractivity contribution in [2.75, 3.05) is 33.0 Å². The number of epoxide rings is 1. The summed E-state index contributed by atoms with van der Waals surface area (Å²) in [5.74, 6) is 0. The Morgan fingerprint density at radius 1 is 1.16 bits per heavy atom. The maximum Gasteiger partial charge on any atom is 0.535 e. The average molecular weight is 290 g/mol. The maximum atomic E-state index is 5.90. The van der Waals surface area contributed by atoms with E-state index in [-0.39, 0.29) is 11.8 Å². The fourth-order valence-electron chi connectivity index (χ4n) is 1.80. The van der Waals surface area contributed by atoms with Gasteiger partial charge in [0.1, 0.15) is 11.8 Å². The number of hydrogen-bond donors (Lipinski definition) is 0. The van der Waals surface area contributed by atoms with Gasteiger partial charge in [0.05, 0.1) is 13.2 Å². The normalized spacial score (nSPS) is 20.9. The molecule has 1 aliphatic rings. The molecule has 5 nitrogen and oxygen atoms in total. The van der Waals surface area contributed by atoms with Crippen molar-refractivity contribution in [2.24, 2.45) is 0 Å². The van der Waals surface area contributed by atoms with Crippen LogP contribution in [0.2, 0.25) is 0 Å². The largest absolute Gasteiger partial charge is 0.535 e. The molecule has 6 heteroatoms. The lowest BCUT2D eigenvalue weighted by Gasteiger charge is -2.33. The molecule has 0 aromatic heterocycles. The molecule has 112 valence electrons. The molecule has 0 aliphatic carbocycles. The fraction of sp³-hybridized carbons (Fsp3) is 0.846. The molecular formula is C13H26O5Si. The minimum absolute atomic E-state index is 0.212. The summed E-state index contributed by atoms with van der Waals surface area (Å²) in [4.78, 5) is 0. The van der Waals surface area contributed by atoms with E-state index in [0.29, 0.717) is 26.4 Å². The smallest absolute Gasteiger partial charge is 0.372 e. The van der Waals surface area contributed by atoms with Crippen LogP contribution in [0, 0.1) is 0 Å². The van der Waals surface area contributed by atoms with E-state index >= 15 is 0 Å². The Bertz CT molecular complexity index is 251. The Labute approximate surface area is 117 Å². The van der Waals surface area contributed by atoms with E-state index in [2.05, 4.69) is 0 Å². The van der Waals surface area contributed by atoms with Gasteiger partial charge in [0.2, 0.25) is 0 Å². The van der Waals surface area contributed by atoms with Gasteiger partial charge in [-0.3, -0.25) is 0 Å². The zero-order chi connectivity index (χ0) is 14.1. The van der Waals surface area contributed by atoms with Crippen molar-refractivity contribution in [2.45, 2.75) is 39.5 Å². The van der Waals surface area contributed by atoms with Crippen molar-refractivity contribution in [3.8, 4) is 0 Å². The molecule has 1 rings (SSSR count). The molecule has 0 radical (unpaired) electrons. The number of hydrogen-bond acceptors (Lipinski definition) is 5. The minimum atomic E-state index is -2.85. The van der Waals surface area contributed by atoms with Gasteiger partial charge in [-0.15, -0.1) is 0 Å². The van der Waals surface area contributed by atoms with Crippen LogP contribution in [0.4, 0.5) is 0 Å². The predicted octanol–water partition coefficient (Wildman–Crippen LogP) is 1.93. The van der Waals surface area contributed by atoms with Crippen molar-refractivity contribution in [3.63, 3.8) is 0 Å². The summed E-state index contributed by atoms with van der Waals surface area (Å²) in [6.07, 6.45) is 4.11. The first-order chi connectivity index (χ1) is 9.22. The minimum Gasteiger partial charge on any atom is -0.372 e. The van der Waals surface area contributed by atoms with Crippen molar-refractivity contribution in [1.29, 1.82) is 0 Å². The first-order valence-electron chi connectivity index (χ1n) is 7.00. The molecule has 2 unspecified atom stereocenters. The zero-order valence-corrected chi connectivity index (χ0v) is 13.4. The molecule has 0 spiro atoms. The summed E-state index contributed by atoms with van der Waals surface area (Å²) in [7, 11) is -2.85. The molecule has 0 aromatic carbocycles. The third-order valence-corrected chi connectivity index (χ3v) is 5.75. The topological polar surface area (TPSA) is 49.5 Å². The Morgan fingerprint density at radius 2 is 1.68 bits per heavy atom. The van der Waals surface area contributed by atoms with E-state index in [9.17, 15) is 0 Å². The fourth-order valence-corrected chi connectivity index (χ4v) is 4.48. The van der Waals surface area contributed by atoms with Crippen LogP contribution in [0.3, 0.4) is 0 Å². The summed E-state index contributed by atoms with van der Waals surface area (Å²) < 4.78 is 28.6. The second-order valence-electron chi connectivity index (χ2n) is 4.14. The number of ether oxygens (including phenoxy) is 2. The highest BCUT2D eigenvalue weighted by Gasteiger charge is 2.49. The van der Waals surface area contributed by atoms with Gasteiger partial charge < -0.3 is 22.8 Å². The number of allylic oxidation sites excluding steroid dienone is 1. The van der Waals surface area contributed by atoms with Gasteiger partial charge in [0.25, 0.3) is 0 Å². The first kappa shape index (κ1) is 16.8. The average Bonchev–Trinajstić information content (AvgIpc) is 3.19. The van der Waals surface area contributed by atoms with Crippen molar-refractivity contribution < 1.29 is 22.8 Å². The highest BCUT2D eigenvalue weighted by atomic mass is 28.4. The lowest BCUT2D eigenvalue weighted by Crippen LogP contribution is -2.57. The van der Waals surface area contributed by atoms with Gasteiger partial charge in [0.15, 0.2) is 0 Å². The van der Waals surface area contributed by atoms with Crippen LogP contribution in [-0.2, 0) is 22.8 Å². The molecule has 0 N–H and O–H groups in total. The SMILES string of the molecule is CC=CC(OCC1CO1)[Si](OCC)(OCC)OCC. The lowest BCUT2D eigenvalue weighted by atomic mass is 10.5. The highest BCUT2D eigenvalue weighted by molar-refractivity contribution is 6.62. The predicted molar refractivity (Wildman–Crippen MR) is 74.9 cm³/mol. The molecule has 0 bridgehead atoms. The van der Waals surface area contributed by atoms with Crippen molar-refractivity contribution in [3.05, 3.63) is 12.2 Å². The Balaban J connectivity index is 2.77. The third kappa shape index (κ3) is 5.33. The van der Waals surface area contributed by atoms with Gasteiger partial charge in [-0.05, 0) is 27.7 Å². The van der Waals surface area contributed by atoms with Crippen LogP contribution in [0.25, 0.3) is 0 Å². The Hall–Kier alpha value is -0.243. The van der Waals surface area contributed by atoms with Crippen LogP contribution in [0.15, 0.2) is 12.2 Å². The molecule has 1 heterocycles. The Morgan fingerprint density at radius 3 is 2.05 bits per heavy atom. The lowest BCUT2D eigenvalue weighted by molar-refractivity contribution is 0.00287. The maximum absolute atomic E-state index is 5.90. The second kappa shape index (κ2) is 8.83. The summed E-state index contributed by atoms with van der Waals surface area (Å²) >= 11 is 0. The van der Waals surface area contributed by atoms with Gasteiger partial charge >= 0.3 is 8.80 Å². The van der Waals surface area contributed by atoms with E-state index in [1.165, 1.54) is 0 Å². The van der Waals surface area contributed by atoms with Crippen LogP contribution < -0.4 is 0 Å². The first-order valence-corrected chi connectivity index (χ1v) is 8.80. The molecule has 0 amide bonds. The number of rotatable bonds is 11. The quantitative estimate of drug-likeness (QED) is 0.331. The van der Waals surface area contributed by atoms with E-state index in [1.54, 1.807) is 0 Å². The van der Waals surface area contributed by atoms with Gasteiger partial charge in [-0.2, -0.15) is 0 Å². The second-order valence-corrected chi connectivity index (χ2v) is 6.78. The molecule has 1 saturated heterocycles. The van der Waals surface area contributed by atoms with E-state index < -0.39 is 8.80 Å². The summed E-state index contributed by atoms with van der Waals surface area (Å²) in [6, 6.07) is 0. The highest BCUT2D eigenvalue weighted by Crippen LogP contribution is 2.21. The molecule has 0 saturated carbocycles. The van der Waals surface area contributed by atoms with Crippen LogP contribution in [-0.4, -0.2) is 53.7 Å². The molecule has 19 heavy (non-hydrogen) atoms. The van der Waals surface area contributed by atoms with E-state index in [1.807, 2.05) is 39.8 Å². The molecule has 2 atom stereocenters. The standard InChI is InChI=1S/C13H26O5Si/c1-5-9-13(15-11-12-10-14-12)19(16-6-2,17-7-3)18-8-4/h5,9,12-13H,6-8,10-11H2,1-4H3. The molecule has 0 aromatic rings. The molecular weight excluding hydrogens is 264 g/mol. The Kier molecular flexibility index (Phi) is 7.82. The van der Waals surface area contributed by atoms with Gasteiger partial charge in [0, 0.05) is 19.8 Å². The summed E-state index contributed by atoms with van der Waals surface area (Å²) in [6.45, 7) is 10.7. The molecule has 1 aliphatic heterocycles. The third-order valence-electron chi connectivity index (χ3n) is 2.62. The van der Waals surface area contributed by atoms with Gasteiger partial charge in [-0.1, -0.05) is 12.2 Å². The summed E-state index contributed by atoms with van der Waals surface area (Å²) in [5, 5.41) is 0. The summed E-state index contributed by atoms with van der Waals surface area (Å²) in [5.41, 5.74) is -0.276. The van der Waals surface area contributed by atoms with E-state index in [4.69, 9.17) is 22.8 Å². The van der Waals surface area contributed by atoms with Crippen LogP contribution in [0.1, 0.15) is 27.7 Å². The van der Waals surface area contributed by atoms with E-state index in [0.717, 1.165) is 6.61 Å². The van der Waals surface area contributed by atoms with Crippen LogP contribution in [0.5, 0.6) is 0 Å². The van der Waals surface area contributed by atoms with Crippen molar-refractivity contribution >= 4 is 8.80 Å². The monoisotopic (exact) mass is 290 g/mol. The molecule has 1 fully saturated rings. The van der Waals surface area contributed by atoms with Crippen LogP contribution >= 0.6 is 0 Å². The zero-order valence-electron chi connectivity index (χ0n) is 12.4.